The first-order chi connectivity index (χ1) is 15.3. The molecule has 8 heteroatoms. The highest BCUT2D eigenvalue weighted by Crippen LogP contribution is 2.42. The van der Waals surface area contributed by atoms with Crippen molar-refractivity contribution < 1.29 is 23.9 Å². The Bertz CT molecular complexity index is 951. The van der Waals surface area contributed by atoms with Crippen molar-refractivity contribution in [3.05, 3.63) is 60.2 Å². The second-order valence-electron chi connectivity index (χ2n) is 9.25. The van der Waals surface area contributed by atoms with Crippen molar-refractivity contribution in [3.63, 3.8) is 0 Å². The maximum atomic E-state index is 13.4. The summed E-state index contributed by atoms with van der Waals surface area (Å²) in [7, 11) is 1.92. The molecule has 3 N–H and O–H groups in total. The number of aliphatic hydroxyl groups is 1. The van der Waals surface area contributed by atoms with Gasteiger partial charge < -0.3 is 20.1 Å². The van der Waals surface area contributed by atoms with Gasteiger partial charge in [-0.15, -0.1) is 0 Å². The molecule has 0 radical (unpaired) electrons. The number of nitrogens with two attached hydrogens (primary N) is 1. The van der Waals surface area contributed by atoms with Crippen LogP contribution >= 0.6 is 0 Å². The molecular formula is C24H31N4O4+. The zero-order valence-corrected chi connectivity index (χ0v) is 18.4. The van der Waals surface area contributed by atoms with E-state index in [1.807, 2.05) is 25.2 Å². The van der Waals surface area contributed by atoms with Crippen LogP contribution in [0.4, 0.5) is 0 Å². The molecule has 1 amide bonds. The van der Waals surface area contributed by atoms with Crippen LogP contribution in [0, 0.1) is 5.92 Å². The fraction of sp³-hybridized carbons (Fsp3) is 0.500. The van der Waals surface area contributed by atoms with E-state index in [9.17, 15) is 14.7 Å². The molecule has 1 aromatic heterocycles. The van der Waals surface area contributed by atoms with Crippen LogP contribution in [0.25, 0.3) is 0 Å². The van der Waals surface area contributed by atoms with E-state index in [0.717, 1.165) is 25.7 Å². The van der Waals surface area contributed by atoms with Crippen molar-refractivity contribution in [1.29, 1.82) is 0 Å². The number of primary amides is 1. The summed E-state index contributed by atoms with van der Waals surface area (Å²) in [4.78, 5) is 33.9. The average molecular weight is 440 g/mol. The summed E-state index contributed by atoms with van der Waals surface area (Å²) in [6.45, 7) is 1.02. The van der Waals surface area contributed by atoms with Crippen LogP contribution in [0.1, 0.15) is 49.4 Å². The molecule has 2 aliphatic rings. The van der Waals surface area contributed by atoms with E-state index in [2.05, 4.69) is 9.97 Å². The molecule has 3 unspecified atom stereocenters. The van der Waals surface area contributed by atoms with Crippen molar-refractivity contribution in [2.75, 3.05) is 20.1 Å². The van der Waals surface area contributed by atoms with Gasteiger partial charge in [0.05, 0.1) is 13.6 Å². The predicted molar refractivity (Wildman–Crippen MR) is 117 cm³/mol. The molecule has 0 spiro atoms. The highest BCUT2D eigenvalue weighted by molar-refractivity contribution is 5.82. The van der Waals surface area contributed by atoms with Gasteiger partial charge in [-0.1, -0.05) is 43.2 Å². The van der Waals surface area contributed by atoms with Gasteiger partial charge in [-0.25, -0.2) is 14.8 Å². The molecule has 170 valence electrons. The van der Waals surface area contributed by atoms with Gasteiger partial charge in [-0.05, 0) is 24.5 Å². The predicted octanol–water partition coefficient (Wildman–Crippen LogP) is 1.84. The summed E-state index contributed by atoms with van der Waals surface area (Å²) >= 11 is 0. The van der Waals surface area contributed by atoms with Gasteiger partial charge in [-0.2, -0.15) is 0 Å². The van der Waals surface area contributed by atoms with Gasteiger partial charge in [0, 0.05) is 18.5 Å². The second-order valence-corrected chi connectivity index (χ2v) is 9.25. The van der Waals surface area contributed by atoms with Gasteiger partial charge >= 0.3 is 5.97 Å². The Labute approximate surface area is 188 Å². The number of hydrogen-bond acceptors (Lipinski definition) is 6. The number of ether oxygens (including phenoxy) is 1. The normalized spacial score (nSPS) is 26.4. The minimum Gasteiger partial charge on any atom is -0.454 e. The number of esters is 1. The average Bonchev–Trinajstić information content (AvgIpc) is 3.45. The number of rotatable bonds is 7. The van der Waals surface area contributed by atoms with E-state index in [0.29, 0.717) is 30.8 Å². The number of likely N-dealkylation sites (tertiary alicyclic amines) is 1. The van der Waals surface area contributed by atoms with Crippen molar-refractivity contribution in [2.24, 2.45) is 11.7 Å². The maximum Gasteiger partial charge on any atom is 0.343 e. The molecule has 2 heterocycles. The summed E-state index contributed by atoms with van der Waals surface area (Å²) in [5.41, 5.74) is 5.20. The number of amides is 1. The van der Waals surface area contributed by atoms with Gasteiger partial charge in [0.1, 0.15) is 18.6 Å². The monoisotopic (exact) mass is 439 g/mol. The second kappa shape index (κ2) is 8.96. The first-order valence-corrected chi connectivity index (χ1v) is 11.2. The van der Waals surface area contributed by atoms with Gasteiger partial charge in [0.2, 0.25) is 6.04 Å². The fourth-order valence-corrected chi connectivity index (χ4v) is 5.45. The van der Waals surface area contributed by atoms with Gasteiger partial charge in [0.25, 0.3) is 5.91 Å². The topological polar surface area (TPSA) is 115 Å². The van der Waals surface area contributed by atoms with E-state index in [-0.39, 0.29) is 10.4 Å². The Kier molecular flexibility index (Phi) is 6.26. The number of benzene rings is 1. The minimum atomic E-state index is -1.67. The zero-order chi connectivity index (χ0) is 22.8. The molecule has 0 bridgehead atoms. The maximum absolute atomic E-state index is 13.4. The van der Waals surface area contributed by atoms with Crippen LogP contribution in [0.3, 0.4) is 0 Å². The highest BCUT2D eigenvalue weighted by atomic mass is 16.6. The third kappa shape index (κ3) is 4.12. The van der Waals surface area contributed by atoms with Crippen LogP contribution in [-0.2, 0) is 19.9 Å². The Hall–Kier alpha value is -2.84. The zero-order valence-electron chi connectivity index (χ0n) is 18.4. The molecule has 32 heavy (non-hydrogen) atoms. The molecular weight excluding hydrogens is 408 g/mol. The van der Waals surface area contributed by atoms with E-state index >= 15 is 0 Å². The van der Waals surface area contributed by atoms with E-state index < -0.39 is 29.6 Å². The Morgan fingerprint density at radius 3 is 2.53 bits per heavy atom. The molecule has 2 aromatic rings. The summed E-state index contributed by atoms with van der Waals surface area (Å²) < 4.78 is 6.20. The van der Waals surface area contributed by atoms with E-state index in [4.69, 9.17) is 10.5 Å². The van der Waals surface area contributed by atoms with Crippen molar-refractivity contribution >= 4 is 11.9 Å². The largest absolute Gasteiger partial charge is 0.454 e. The lowest BCUT2D eigenvalue weighted by Gasteiger charge is -2.36. The van der Waals surface area contributed by atoms with E-state index in [1.165, 1.54) is 6.33 Å². The van der Waals surface area contributed by atoms with Crippen molar-refractivity contribution in [3.8, 4) is 0 Å². The molecule has 2 fully saturated rings. The summed E-state index contributed by atoms with van der Waals surface area (Å²) in [5.74, 6) is -1.25. The van der Waals surface area contributed by atoms with Crippen LogP contribution < -0.4 is 5.73 Å². The number of quaternary nitrogens is 1. The molecule has 1 aliphatic carbocycles. The summed E-state index contributed by atoms with van der Waals surface area (Å²) in [6.07, 6.45) is 6.69. The van der Waals surface area contributed by atoms with Crippen LogP contribution in [-0.4, -0.2) is 57.7 Å². The molecule has 4 rings (SSSR count). The fourth-order valence-electron chi connectivity index (χ4n) is 5.45. The number of likely N-dealkylation sites (N-methyl/N-ethyl adjacent to an activating group) is 1. The van der Waals surface area contributed by atoms with Crippen molar-refractivity contribution in [1.82, 2.24) is 9.97 Å². The molecule has 1 aliphatic heterocycles. The molecule has 1 saturated carbocycles. The smallest absolute Gasteiger partial charge is 0.343 e. The van der Waals surface area contributed by atoms with E-state index in [1.54, 1.807) is 24.4 Å². The Balaban J connectivity index is 1.54. The summed E-state index contributed by atoms with van der Waals surface area (Å²) in [5, 5.41) is 11.6. The van der Waals surface area contributed by atoms with Crippen molar-refractivity contribution in [2.45, 2.75) is 49.9 Å². The van der Waals surface area contributed by atoms with Crippen LogP contribution in [0.15, 0.2) is 48.9 Å². The Morgan fingerprint density at radius 1 is 1.19 bits per heavy atom. The SMILES string of the molecule is C[N+]1(C(C(N)=O)c2ccncn2)CC[C@@H](OC(=O)C(O)(c2ccccc2)C2CCCC2)C1. The number of nitrogens with zero attached hydrogens (tertiary/aromatic N) is 3. The van der Waals surface area contributed by atoms with Crippen LogP contribution in [0.5, 0.6) is 0 Å². The lowest BCUT2D eigenvalue weighted by Crippen LogP contribution is -2.51. The quantitative estimate of drug-likeness (QED) is 0.502. The lowest BCUT2D eigenvalue weighted by atomic mass is 9.80. The Morgan fingerprint density at radius 2 is 1.91 bits per heavy atom. The highest BCUT2D eigenvalue weighted by Gasteiger charge is 2.51. The third-order valence-corrected chi connectivity index (χ3v) is 7.11. The number of hydrogen-bond donors (Lipinski definition) is 2. The first kappa shape index (κ1) is 22.4. The lowest BCUT2D eigenvalue weighted by molar-refractivity contribution is -0.920. The molecule has 1 aromatic carbocycles. The standard InChI is InChI=1S/C24H30N4O4/c1-28(21(22(25)29)20-11-13-26-16-27-20)14-12-19(15-28)32-23(30)24(31,18-9-5-6-10-18)17-7-3-2-4-8-17/h2-4,7-8,11,13,16,18-19,21,31H,5-6,9-10,12,14-15H2,1H3,(H-,25,29)/p+1/t19-,21?,24?,28?/m1/s1. The molecule has 1 saturated heterocycles. The number of carbonyl (C=O) groups is 2. The van der Waals surface area contributed by atoms with Gasteiger partial charge in [-0.3, -0.25) is 4.79 Å². The number of carbonyl (C=O) groups excluding carboxylic acids is 2. The third-order valence-electron chi connectivity index (χ3n) is 7.11. The van der Waals surface area contributed by atoms with Gasteiger partial charge in [0.15, 0.2) is 11.7 Å². The minimum absolute atomic E-state index is 0.168. The number of aromatic nitrogens is 2. The molecule has 8 nitrogen and oxygen atoms in total. The molecule has 4 atom stereocenters. The first-order valence-electron chi connectivity index (χ1n) is 11.2. The van der Waals surface area contributed by atoms with Crippen LogP contribution in [0.2, 0.25) is 0 Å². The summed E-state index contributed by atoms with van der Waals surface area (Å²) in [6, 6.07) is 10.1.